The van der Waals surface area contributed by atoms with Gasteiger partial charge >= 0.3 is 0 Å². The van der Waals surface area contributed by atoms with E-state index >= 15 is 0 Å². The van der Waals surface area contributed by atoms with Crippen LogP contribution in [0.1, 0.15) is 11.3 Å². The first kappa shape index (κ1) is 12.4. The Morgan fingerprint density at radius 3 is 2.74 bits per heavy atom. The number of nitrogens with one attached hydrogen (secondary N) is 1. The second-order valence-electron chi connectivity index (χ2n) is 5.28. The van der Waals surface area contributed by atoms with E-state index in [2.05, 4.69) is 26.2 Å². The molecule has 0 saturated carbocycles. The Hall–Kier alpha value is -1.64. The van der Waals surface area contributed by atoms with Crippen LogP contribution in [0.15, 0.2) is 12.1 Å². The van der Waals surface area contributed by atoms with E-state index in [1.54, 1.807) is 0 Å². The Labute approximate surface area is 113 Å². The highest BCUT2D eigenvalue weighted by Crippen LogP contribution is 2.25. The summed E-state index contributed by atoms with van der Waals surface area (Å²) in [7, 11) is 0. The first-order valence-electron chi connectivity index (χ1n) is 6.85. The quantitative estimate of drug-likeness (QED) is 0.829. The fourth-order valence-electron chi connectivity index (χ4n) is 2.78. The lowest BCUT2D eigenvalue weighted by molar-refractivity contribution is 0.147. The monoisotopic (exact) mass is 257 g/mol. The van der Waals surface area contributed by atoms with E-state index in [0.717, 1.165) is 50.8 Å². The molecule has 0 aliphatic carbocycles. The number of hydrogen-bond donors (Lipinski definition) is 1. The van der Waals surface area contributed by atoms with Crippen LogP contribution in [-0.4, -0.2) is 55.2 Å². The summed E-state index contributed by atoms with van der Waals surface area (Å²) >= 11 is 0. The maximum Gasteiger partial charge on any atom is 0.146 e. The summed E-state index contributed by atoms with van der Waals surface area (Å²) in [6.45, 7) is 8.38. The van der Waals surface area contributed by atoms with Gasteiger partial charge < -0.3 is 10.2 Å². The van der Waals surface area contributed by atoms with Gasteiger partial charge in [0, 0.05) is 51.0 Å². The van der Waals surface area contributed by atoms with Gasteiger partial charge in [0.25, 0.3) is 0 Å². The van der Waals surface area contributed by atoms with Crippen LogP contribution in [0.5, 0.6) is 0 Å². The Bertz CT molecular complexity index is 495. The van der Waals surface area contributed by atoms with Gasteiger partial charge in [0.15, 0.2) is 0 Å². The van der Waals surface area contributed by atoms with Gasteiger partial charge in [0.1, 0.15) is 11.9 Å². The molecule has 1 aromatic heterocycles. The number of nitriles is 1. The minimum absolute atomic E-state index is 0.621. The molecule has 0 unspecified atom stereocenters. The van der Waals surface area contributed by atoms with Crippen LogP contribution in [0.4, 0.5) is 5.82 Å². The highest BCUT2D eigenvalue weighted by Gasteiger charge is 2.34. The molecule has 2 aliphatic heterocycles. The zero-order chi connectivity index (χ0) is 13.2. The number of rotatable bonds is 2. The van der Waals surface area contributed by atoms with Crippen LogP contribution in [0.3, 0.4) is 0 Å². The number of pyridine rings is 1. The van der Waals surface area contributed by atoms with Crippen LogP contribution in [0.2, 0.25) is 0 Å². The molecule has 0 amide bonds. The third-order valence-corrected chi connectivity index (χ3v) is 3.96. The molecule has 2 saturated heterocycles. The van der Waals surface area contributed by atoms with Gasteiger partial charge in [-0.2, -0.15) is 5.26 Å². The van der Waals surface area contributed by atoms with Gasteiger partial charge in [-0.15, -0.1) is 0 Å². The minimum atomic E-state index is 0.621. The molecule has 0 radical (unpaired) electrons. The lowest BCUT2D eigenvalue weighted by atomic mass is 10.0. The van der Waals surface area contributed by atoms with Crippen molar-refractivity contribution in [2.45, 2.75) is 13.0 Å². The summed E-state index contributed by atoms with van der Waals surface area (Å²) in [5.74, 6) is 0.855. The van der Waals surface area contributed by atoms with E-state index in [0.29, 0.717) is 11.6 Å². The predicted molar refractivity (Wildman–Crippen MR) is 74.1 cm³/mol. The SMILES string of the molecule is Cc1ccc(C#N)c(N2CC(N3CCNCC3)C2)n1. The molecule has 5 nitrogen and oxygen atoms in total. The first-order chi connectivity index (χ1) is 9.28. The van der Waals surface area contributed by atoms with Gasteiger partial charge in [-0.1, -0.05) is 0 Å². The van der Waals surface area contributed by atoms with Crippen molar-refractivity contribution >= 4 is 5.82 Å². The summed E-state index contributed by atoms with van der Waals surface area (Å²) in [5, 5.41) is 12.5. The third kappa shape index (κ3) is 2.42. The van der Waals surface area contributed by atoms with Crippen LogP contribution >= 0.6 is 0 Å². The molecule has 19 heavy (non-hydrogen) atoms. The van der Waals surface area contributed by atoms with Gasteiger partial charge in [-0.25, -0.2) is 4.98 Å². The highest BCUT2D eigenvalue weighted by molar-refractivity contribution is 5.56. The number of aromatic nitrogens is 1. The molecule has 2 fully saturated rings. The largest absolute Gasteiger partial charge is 0.352 e. The highest BCUT2D eigenvalue weighted by atomic mass is 15.3. The summed E-state index contributed by atoms with van der Waals surface area (Å²) in [6, 6.07) is 6.63. The lowest BCUT2D eigenvalue weighted by Crippen LogP contribution is -2.63. The number of nitrogens with zero attached hydrogens (tertiary/aromatic N) is 4. The Morgan fingerprint density at radius 1 is 1.32 bits per heavy atom. The van der Waals surface area contributed by atoms with Crippen molar-refractivity contribution in [3.05, 3.63) is 23.4 Å². The third-order valence-electron chi connectivity index (χ3n) is 3.96. The van der Waals surface area contributed by atoms with Crippen molar-refractivity contribution in [3.8, 4) is 6.07 Å². The molecule has 100 valence electrons. The first-order valence-corrected chi connectivity index (χ1v) is 6.85. The van der Waals surface area contributed by atoms with Crippen molar-refractivity contribution in [1.29, 1.82) is 5.26 Å². The second-order valence-corrected chi connectivity index (χ2v) is 5.28. The summed E-state index contributed by atoms with van der Waals surface area (Å²) in [4.78, 5) is 9.28. The van der Waals surface area contributed by atoms with E-state index in [1.807, 2.05) is 19.1 Å². The normalized spacial score (nSPS) is 20.9. The van der Waals surface area contributed by atoms with Crippen LogP contribution in [0.25, 0.3) is 0 Å². The molecule has 2 aliphatic rings. The fourth-order valence-corrected chi connectivity index (χ4v) is 2.78. The van der Waals surface area contributed by atoms with Gasteiger partial charge in [0.05, 0.1) is 5.56 Å². The Kier molecular flexibility index (Phi) is 3.36. The van der Waals surface area contributed by atoms with Crippen molar-refractivity contribution < 1.29 is 0 Å². The molecule has 5 heteroatoms. The van der Waals surface area contributed by atoms with E-state index in [-0.39, 0.29) is 0 Å². The van der Waals surface area contributed by atoms with Crippen LogP contribution in [-0.2, 0) is 0 Å². The zero-order valence-corrected chi connectivity index (χ0v) is 11.3. The Balaban J connectivity index is 1.67. The molecular formula is C14H19N5. The van der Waals surface area contributed by atoms with Crippen LogP contribution < -0.4 is 10.2 Å². The topological polar surface area (TPSA) is 55.2 Å². The molecule has 0 bridgehead atoms. The molecule has 1 N–H and O–H groups in total. The zero-order valence-electron chi connectivity index (χ0n) is 11.3. The summed E-state index contributed by atoms with van der Waals surface area (Å²) in [5.41, 5.74) is 1.66. The summed E-state index contributed by atoms with van der Waals surface area (Å²) in [6.07, 6.45) is 0. The number of piperazine rings is 1. The second kappa shape index (κ2) is 5.16. The minimum Gasteiger partial charge on any atom is -0.352 e. The van der Waals surface area contributed by atoms with E-state index in [9.17, 15) is 0 Å². The average molecular weight is 257 g/mol. The van der Waals surface area contributed by atoms with Crippen molar-refractivity contribution in [1.82, 2.24) is 15.2 Å². The number of aryl methyl sites for hydroxylation is 1. The lowest BCUT2D eigenvalue weighted by Gasteiger charge is -2.47. The van der Waals surface area contributed by atoms with E-state index in [4.69, 9.17) is 5.26 Å². The van der Waals surface area contributed by atoms with Crippen molar-refractivity contribution in [2.75, 3.05) is 44.2 Å². The van der Waals surface area contributed by atoms with E-state index < -0.39 is 0 Å². The fraction of sp³-hybridized carbons (Fsp3) is 0.571. The average Bonchev–Trinajstić information content (AvgIpc) is 2.39. The maximum absolute atomic E-state index is 9.16. The molecule has 3 rings (SSSR count). The van der Waals surface area contributed by atoms with Crippen LogP contribution in [0, 0.1) is 18.3 Å². The van der Waals surface area contributed by atoms with Gasteiger partial charge in [-0.3, -0.25) is 4.90 Å². The molecule has 0 atom stereocenters. The molecule has 1 aromatic rings. The van der Waals surface area contributed by atoms with Crippen molar-refractivity contribution in [3.63, 3.8) is 0 Å². The molecular weight excluding hydrogens is 238 g/mol. The molecule has 0 spiro atoms. The molecule has 3 heterocycles. The number of anilines is 1. The summed E-state index contributed by atoms with van der Waals surface area (Å²) < 4.78 is 0. The standard InChI is InChI=1S/C14H19N5/c1-11-2-3-12(8-15)14(17-11)19-9-13(10-19)18-6-4-16-5-7-18/h2-3,13,16H,4-7,9-10H2,1H3. The smallest absolute Gasteiger partial charge is 0.146 e. The van der Waals surface area contributed by atoms with E-state index in [1.165, 1.54) is 0 Å². The molecule has 0 aromatic carbocycles. The van der Waals surface area contributed by atoms with Crippen molar-refractivity contribution in [2.24, 2.45) is 0 Å². The maximum atomic E-state index is 9.16. The van der Waals surface area contributed by atoms with Gasteiger partial charge in [0.2, 0.25) is 0 Å². The number of hydrogen-bond acceptors (Lipinski definition) is 5. The predicted octanol–water partition coefficient (Wildman–Crippen LogP) is 0.355. The van der Waals surface area contributed by atoms with Gasteiger partial charge in [-0.05, 0) is 19.1 Å². The Morgan fingerprint density at radius 2 is 2.05 bits per heavy atom.